The molecule has 0 bridgehead atoms. The molecule has 1 rings (SSSR count). The highest BCUT2D eigenvalue weighted by Gasteiger charge is 2.20. The second-order valence-electron chi connectivity index (χ2n) is 5.08. The second-order valence-corrected chi connectivity index (χ2v) is 5.08. The predicted octanol–water partition coefficient (Wildman–Crippen LogP) is 2.69. The standard InChI is InChI=1S/C16H25NO3/c1-5-19-16(18)15(17-12(2)3)9-10-20-14-8-6-7-13(4)11-14/h6-8,11-12,15,17H,5,9-10H2,1-4H3. The number of ether oxygens (including phenoxy) is 2. The van der Waals surface area contributed by atoms with Gasteiger partial charge >= 0.3 is 5.97 Å². The highest BCUT2D eigenvalue weighted by Crippen LogP contribution is 2.13. The molecular weight excluding hydrogens is 254 g/mol. The van der Waals surface area contributed by atoms with Gasteiger partial charge in [-0.3, -0.25) is 4.79 Å². The van der Waals surface area contributed by atoms with Crippen LogP contribution >= 0.6 is 0 Å². The third-order valence-corrected chi connectivity index (χ3v) is 2.77. The molecule has 1 atom stereocenters. The van der Waals surface area contributed by atoms with Crippen molar-refractivity contribution < 1.29 is 14.3 Å². The Bertz CT molecular complexity index is 418. The predicted molar refractivity (Wildman–Crippen MR) is 80.0 cm³/mol. The number of esters is 1. The summed E-state index contributed by atoms with van der Waals surface area (Å²) in [4.78, 5) is 11.8. The lowest BCUT2D eigenvalue weighted by molar-refractivity contribution is -0.146. The second kappa shape index (κ2) is 8.59. The van der Waals surface area contributed by atoms with Gasteiger partial charge in [0.15, 0.2) is 0 Å². The van der Waals surface area contributed by atoms with Crippen LogP contribution in [0, 0.1) is 6.92 Å². The smallest absolute Gasteiger partial charge is 0.323 e. The molecule has 4 nitrogen and oxygen atoms in total. The number of carbonyl (C=O) groups excluding carboxylic acids is 1. The molecule has 0 radical (unpaired) electrons. The summed E-state index contributed by atoms with van der Waals surface area (Å²) in [6.45, 7) is 8.73. The van der Waals surface area contributed by atoms with Crippen molar-refractivity contribution in [1.29, 1.82) is 0 Å². The van der Waals surface area contributed by atoms with Crippen LogP contribution in [0.2, 0.25) is 0 Å². The minimum Gasteiger partial charge on any atom is -0.494 e. The van der Waals surface area contributed by atoms with E-state index in [0.29, 0.717) is 19.6 Å². The summed E-state index contributed by atoms with van der Waals surface area (Å²) < 4.78 is 10.7. The molecule has 0 aliphatic heterocycles. The maximum atomic E-state index is 11.8. The molecule has 1 N–H and O–H groups in total. The molecule has 0 aliphatic carbocycles. The quantitative estimate of drug-likeness (QED) is 0.743. The lowest BCUT2D eigenvalue weighted by Gasteiger charge is -2.19. The Kier molecular flexibility index (Phi) is 7.09. The molecule has 0 aliphatic rings. The van der Waals surface area contributed by atoms with E-state index in [2.05, 4.69) is 5.32 Å². The van der Waals surface area contributed by atoms with E-state index in [1.165, 1.54) is 0 Å². The number of aryl methyl sites for hydroxylation is 1. The number of carbonyl (C=O) groups is 1. The third-order valence-electron chi connectivity index (χ3n) is 2.77. The van der Waals surface area contributed by atoms with Gasteiger partial charge in [-0.25, -0.2) is 0 Å². The van der Waals surface area contributed by atoms with Gasteiger partial charge in [0, 0.05) is 12.5 Å². The Morgan fingerprint density at radius 2 is 2.10 bits per heavy atom. The van der Waals surface area contributed by atoms with Gasteiger partial charge in [-0.1, -0.05) is 26.0 Å². The van der Waals surface area contributed by atoms with Crippen molar-refractivity contribution >= 4 is 5.97 Å². The van der Waals surface area contributed by atoms with E-state index in [0.717, 1.165) is 11.3 Å². The monoisotopic (exact) mass is 279 g/mol. The molecular formula is C16H25NO3. The highest BCUT2D eigenvalue weighted by atomic mass is 16.5. The first-order chi connectivity index (χ1) is 9.52. The average Bonchev–Trinajstić information content (AvgIpc) is 2.37. The van der Waals surface area contributed by atoms with E-state index in [4.69, 9.17) is 9.47 Å². The fraction of sp³-hybridized carbons (Fsp3) is 0.562. The first-order valence-corrected chi connectivity index (χ1v) is 7.15. The molecule has 0 fully saturated rings. The van der Waals surface area contributed by atoms with E-state index < -0.39 is 0 Å². The van der Waals surface area contributed by atoms with Crippen molar-refractivity contribution in [1.82, 2.24) is 5.32 Å². The van der Waals surface area contributed by atoms with E-state index in [9.17, 15) is 4.79 Å². The van der Waals surface area contributed by atoms with Gasteiger partial charge in [-0.2, -0.15) is 0 Å². The van der Waals surface area contributed by atoms with Crippen LogP contribution in [0.4, 0.5) is 0 Å². The summed E-state index contributed by atoms with van der Waals surface area (Å²) in [5.41, 5.74) is 1.16. The van der Waals surface area contributed by atoms with Crippen molar-refractivity contribution in [3.05, 3.63) is 29.8 Å². The minimum atomic E-state index is -0.320. The van der Waals surface area contributed by atoms with Gasteiger partial charge in [0.1, 0.15) is 11.8 Å². The number of hydrogen-bond donors (Lipinski definition) is 1. The number of nitrogens with one attached hydrogen (secondary N) is 1. The molecule has 1 aromatic rings. The summed E-state index contributed by atoms with van der Waals surface area (Å²) in [7, 11) is 0. The van der Waals surface area contributed by atoms with Gasteiger partial charge in [0.2, 0.25) is 0 Å². The number of hydrogen-bond acceptors (Lipinski definition) is 4. The fourth-order valence-electron chi connectivity index (χ4n) is 1.91. The van der Waals surface area contributed by atoms with Crippen LogP contribution in [0.1, 0.15) is 32.8 Å². The van der Waals surface area contributed by atoms with E-state index in [1.807, 2.05) is 52.0 Å². The van der Waals surface area contributed by atoms with Crippen LogP contribution in [0.5, 0.6) is 5.75 Å². The first-order valence-electron chi connectivity index (χ1n) is 7.15. The van der Waals surface area contributed by atoms with E-state index in [1.54, 1.807) is 0 Å². The lowest BCUT2D eigenvalue weighted by Crippen LogP contribution is -2.42. The van der Waals surface area contributed by atoms with Gasteiger partial charge in [0.05, 0.1) is 13.2 Å². The molecule has 0 spiro atoms. The van der Waals surface area contributed by atoms with Crippen LogP contribution < -0.4 is 10.1 Å². The Morgan fingerprint density at radius 3 is 2.70 bits per heavy atom. The van der Waals surface area contributed by atoms with Crippen molar-refractivity contribution in [2.45, 2.75) is 46.2 Å². The van der Waals surface area contributed by atoms with Crippen molar-refractivity contribution in [3.8, 4) is 5.75 Å². The molecule has 112 valence electrons. The molecule has 1 unspecified atom stereocenters. The molecule has 0 amide bonds. The molecule has 0 aromatic heterocycles. The van der Waals surface area contributed by atoms with Crippen molar-refractivity contribution in [2.24, 2.45) is 0 Å². The molecule has 0 saturated heterocycles. The molecule has 4 heteroatoms. The first kappa shape index (κ1) is 16.5. The van der Waals surface area contributed by atoms with Gasteiger partial charge < -0.3 is 14.8 Å². The zero-order valence-electron chi connectivity index (χ0n) is 12.8. The summed E-state index contributed by atoms with van der Waals surface area (Å²) >= 11 is 0. The molecule has 20 heavy (non-hydrogen) atoms. The summed E-state index contributed by atoms with van der Waals surface area (Å²) in [5.74, 6) is 0.617. The lowest BCUT2D eigenvalue weighted by atomic mass is 10.2. The Balaban J connectivity index is 2.47. The summed E-state index contributed by atoms with van der Waals surface area (Å²) in [5, 5.41) is 3.21. The van der Waals surface area contributed by atoms with Crippen LogP contribution in [0.3, 0.4) is 0 Å². The number of rotatable bonds is 8. The van der Waals surface area contributed by atoms with E-state index >= 15 is 0 Å². The van der Waals surface area contributed by atoms with Gasteiger partial charge in [0.25, 0.3) is 0 Å². The molecule has 0 saturated carbocycles. The average molecular weight is 279 g/mol. The maximum Gasteiger partial charge on any atom is 0.323 e. The van der Waals surface area contributed by atoms with Crippen LogP contribution in [-0.2, 0) is 9.53 Å². The maximum absolute atomic E-state index is 11.8. The van der Waals surface area contributed by atoms with Crippen molar-refractivity contribution in [2.75, 3.05) is 13.2 Å². The molecule has 0 heterocycles. The zero-order valence-corrected chi connectivity index (χ0v) is 12.8. The fourth-order valence-corrected chi connectivity index (χ4v) is 1.91. The van der Waals surface area contributed by atoms with Crippen LogP contribution in [0.15, 0.2) is 24.3 Å². The zero-order chi connectivity index (χ0) is 15.0. The minimum absolute atomic E-state index is 0.214. The van der Waals surface area contributed by atoms with Crippen LogP contribution in [0.25, 0.3) is 0 Å². The SMILES string of the molecule is CCOC(=O)C(CCOc1cccc(C)c1)NC(C)C. The number of benzene rings is 1. The largest absolute Gasteiger partial charge is 0.494 e. The highest BCUT2D eigenvalue weighted by molar-refractivity contribution is 5.75. The Labute approximate surface area is 121 Å². The third kappa shape index (κ3) is 6.06. The normalized spacial score (nSPS) is 12.2. The Morgan fingerprint density at radius 1 is 1.35 bits per heavy atom. The van der Waals surface area contributed by atoms with E-state index in [-0.39, 0.29) is 18.1 Å². The topological polar surface area (TPSA) is 47.6 Å². The summed E-state index contributed by atoms with van der Waals surface area (Å²) in [6, 6.07) is 7.79. The Hall–Kier alpha value is -1.55. The van der Waals surface area contributed by atoms with Crippen molar-refractivity contribution in [3.63, 3.8) is 0 Å². The molecule has 1 aromatic carbocycles. The van der Waals surface area contributed by atoms with Crippen LogP contribution in [-0.4, -0.2) is 31.3 Å². The van der Waals surface area contributed by atoms with Gasteiger partial charge in [-0.15, -0.1) is 0 Å². The summed E-state index contributed by atoms with van der Waals surface area (Å²) in [6.07, 6.45) is 0.588. The van der Waals surface area contributed by atoms with Gasteiger partial charge in [-0.05, 0) is 31.5 Å².